The number of nitrogens with one attached hydrogen (secondary N) is 1. The number of hydrogen-bond acceptors (Lipinski definition) is 1. The molecular weight excluding hydrogens is 230 g/mol. The van der Waals surface area contributed by atoms with Gasteiger partial charge in [0, 0.05) is 12.1 Å². The van der Waals surface area contributed by atoms with Crippen molar-refractivity contribution in [3.05, 3.63) is 35.9 Å². The van der Waals surface area contributed by atoms with E-state index >= 15 is 0 Å². The molecule has 2 saturated carbocycles. The SMILES string of the molecule is C[C@@H](NC1CCC2(CCCC2)CC1)c1ccccc1. The monoisotopic (exact) mass is 257 g/mol. The molecule has 104 valence electrons. The van der Waals surface area contributed by atoms with E-state index in [-0.39, 0.29) is 0 Å². The average Bonchev–Trinajstić information content (AvgIpc) is 2.91. The summed E-state index contributed by atoms with van der Waals surface area (Å²) in [5.74, 6) is 0. The van der Waals surface area contributed by atoms with Gasteiger partial charge < -0.3 is 5.32 Å². The third-order valence-electron chi connectivity index (χ3n) is 5.50. The van der Waals surface area contributed by atoms with Crippen molar-refractivity contribution >= 4 is 0 Å². The van der Waals surface area contributed by atoms with Gasteiger partial charge in [-0.15, -0.1) is 0 Å². The van der Waals surface area contributed by atoms with Crippen molar-refractivity contribution in [3.63, 3.8) is 0 Å². The molecule has 0 saturated heterocycles. The second kappa shape index (κ2) is 5.66. The van der Waals surface area contributed by atoms with Crippen LogP contribution in [0, 0.1) is 5.41 Å². The zero-order valence-electron chi connectivity index (χ0n) is 12.2. The molecule has 19 heavy (non-hydrogen) atoms. The highest BCUT2D eigenvalue weighted by atomic mass is 14.9. The maximum absolute atomic E-state index is 3.84. The van der Waals surface area contributed by atoms with Crippen LogP contribution in [0.5, 0.6) is 0 Å². The summed E-state index contributed by atoms with van der Waals surface area (Å²) in [4.78, 5) is 0. The molecular formula is C18H27N. The summed E-state index contributed by atoms with van der Waals surface area (Å²) in [6.07, 6.45) is 11.7. The third-order valence-corrected chi connectivity index (χ3v) is 5.50. The van der Waals surface area contributed by atoms with E-state index in [0.29, 0.717) is 6.04 Å². The van der Waals surface area contributed by atoms with Gasteiger partial charge in [-0.2, -0.15) is 0 Å². The molecule has 1 atom stereocenters. The van der Waals surface area contributed by atoms with E-state index in [9.17, 15) is 0 Å². The standard InChI is InChI=1S/C18H27N/c1-15(16-7-3-2-4-8-16)19-17-9-13-18(14-10-17)11-5-6-12-18/h2-4,7-8,15,17,19H,5-6,9-14H2,1H3/t15-/m1/s1. The van der Waals surface area contributed by atoms with Crippen LogP contribution in [0.25, 0.3) is 0 Å². The maximum atomic E-state index is 3.84. The first-order valence-electron chi connectivity index (χ1n) is 8.08. The van der Waals surface area contributed by atoms with Crippen LogP contribution < -0.4 is 5.32 Å². The zero-order valence-corrected chi connectivity index (χ0v) is 12.2. The van der Waals surface area contributed by atoms with E-state index < -0.39 is 0 Å². The van der Waals surface area contributed by atoms with Crippen molar-refractivity contribution < 1.29 is 0 Å². The van der Waals surface area contributed by atoms with E-state index in [1.165, 1.54) is 56.9 Å². The Labute approximate surface area is 117 Å². The fourth-order valence-electron chi connectivity index (χ4n) is 4.21. The first-order chi connectivity index (χ1) is 9.27. The van der Waals surface area contributed by atoms with Crippen molar-refractivity contribution in [1.29, 1.82) is 0 Å². The van der Waals surface area contributed by atoms with Crippen LogP contribution in [0.15, 0.2) is 30.3 Å². The van der Waals surface area contributed by atoms with Gasteiger partial charge in [-0.3, -0.25) is 0 Å². The van der Waals surface area contributed by atoms with Crippen LogP contribution in [0.2, 0.25) is 0 Å². The molecule has 0 radical (unpaired) electrons. The second-order valence-electron chi connectivity index (χ2n) is 6.78. The van der Waals surface area contributed by atoms with Crippen LogP contribution in [0.4, 0.5) is 0 Å². The molecule has 2 aliphatic rings. The molecule has 1 aromatic rings. The minimum atomic E-state index is 0.490. The summed E-state index contributed by atoms with van der Waals surface area (Å²) in [6.45, 7) is 2.30. The molecule has 0 aliphatic heterocycles. The first-order valence-corrected chi connectivity index (χ1v) is 8.08. The fraction of sp³-hybridized carbons (Fsp3) is 0.667. The lowest BCUT2D eigenvalue weighted by atomic mass is 9.71. The van der Waals surface area contributed by atoms with Gasteiger partial charge in [-0.05, 0) is 56.4 Å². The molecule has 0 bridgehead atoms. The summed E-state index contributed by atoms with van der Waals surface area (Å²) < 4.78 is 0. The molecule has 2 aliphatic carbocycles. The maximum Gasteiger partial charge on any atom is 0.0294 e. The van der Waals surface area contributed by atoms with Gasteiger partial charge in [0.05, 0.1) is 0 Å². The van der Waals surface area contributed by atoms with Crippen LogP contribution >= 0.6 is 0 Å². The fourth-order valence-corrected chi connectivity index (χ4v) is 4.21. The molecule has 3 rings (SSSR count). The Hall–Kier alpha value is -0.820. The summed E-state index contributed by atoms with van der Waals surface area (Å²) in [7, 11) is 0. The molecule has 0 amide bonds. The number of hydrogen-bond donors (Lipinski definition) is 1. The van der Waals surface area contributed by atoms with Crippen LogP contribution in [0.1, 0.15) is 69.9 Å². The molecule has 1 spiro atoms. The van der Waals surface area contributed by atoms with Crippen molar-refractivity contribution in [1.82, 2.24) is 5.32 Å². The highest BCUT2D eigenvalue weighted by Crippen LogP contribution is 2.49. The largest absolute Gasteiger partial charge is 0.307 e. The Morgan fingerprint density at radius 1 is 1.00 bits per heavy atom. The first kappa shape index (κ1) is 13.2. The lowest BCUT2D eigenvalue weighted by Crippen LogP contribution is -2.37. The minimum Gasteiger partial charge on any atom is -0.307 e. The van der Waals surface area contributed by atoms with Gasteiger partial charge in [-0.1, -0.05) is 43.2 Å². The Kier molecular flexibility index (Phi) is 3.93. The van der Waals surface area contributed by atoms with E-state index in [1.807, 2.05) is 0 Å². The van der Waals surface area contributed by atoms with Gasteiger partial charge in [0.1, 0.15) is 0 Å². The van der Waals surface area contributed by atoms with Crippen molar-refractivity contribution in [2.45, 2.75) is 70.4 Å². The molecule has 1 nitrogen and oxygen atoms in total. The third kappa shape index (κ3) is 3.02. The van der Waals surface area contributed by atoms with E-state index in [4.69, 9.17) is 0 Å². The predicted octanol–water partition coefficient (Wildman–Crippen LogP) is 4.84. The van der Waals surface area contributed by atoms with E-state index in [0.717, 1.165) is 11.5 Å². The van der Waals surface area contributed by atoms with Gasteiger partial charge >= 0.3 is 0 Å². The molecule has 0 heterocycles. The Morgan fingerprint density at radius 2 is 1.63 bits per heavy atom. The van der Waals surface area contributed by atoms with Gasteiger partial charge in [0.15, 0.2) is 0 Å². The number of rotatable bonds is 3. The minimum absolute atomic E-state index is 0.490. The quantitative estimate of drug-likeness (QED) is 0.817. The normalized spacial score (nSPS) is 24.7. The highest BCUT2D eigenvalue weighted by molar-refractivity contribution is 5.18. The zero-order chi connectivity index (χ0) is 13.1. The van der Waals surface area contributed by atoms with Crippen LogP contribution in [-0.2, 0) is 0 Å². The smallest absolute Gasteiger partial charge is 0.0294 e. The van der Waals surface area contributed by atoms with Crippen molar-refractivity contribution in [3.8, 4) is 0 Å². The molecule has 1 N–H and O–H groups in total. The lowest BCUT2D eigenvalue weighted by molar-refractivity contribution is 0.164. The van der Waals surface area contributed by atoms with Crippen molar-refractivity contribution in [2.24, 2.45) is 5.41 Å². The van der Waals surface area contributed by atoms with Gasteiger partial charge in [0.2, 0.25) is 0 Å². The Balaban J connectivity index is 1.52. The molecule has 2 fully saturated rings. The van der Waals surface area contributed by atoms with Gasteiger partial charge in [0.25, 0.3) is 0 Å². The second-order valence-corrected chi connectivity index (χ2v) is 6.78. The summed E-state index contributed by atoms with van der Waals surface area (Å²) in [6, 6.07) is 12.1. The summed E-state index contributed by atoms with van der Waals surface area (Å²) >= 11 is 0. The lowest BCUT2D eigenvalue weighted by Gasteiger charge is -2.38. The molecule has 0 unspecified atom stereocenters. The van der Waals surface area contributed by atoms with E-state index in [1.54, 1.807) is 0 Å². The topological polar surface area (TPSA) is 12.0 Å². The van der Waals surface area contributed by atoms with Gasteiger partial charge in [-0.25, -0.2) is 0 Å². The van der Waals surface area contributed by atoms with Crippen molar-refractivity contribution in [2.75, 3.05) is 0 Å². The highest BCUT2D eigenvalue weighted by Gasteiger charge is 2.37. The molecule has 0 aromatic heterocycles. The van der Waals surface area contributed by atoms with Crippen LogP contribution in [-0.4, -0.2) is 6.04 Å². The summed E-state index contributed by atoms with van der Waals surface area (Å²) in [5, 5.41) is 3.84. The summed E-state index contributed by atoms with van der Waals surface area (Å²) in [5.41, 5.74) is 2.18. The average molecular weight is 257 g/mol. The number of benzene rings is 1. The predicted molar refractivity (Wildman–Crippen MR) is 81.1 cm³/mol. The Bertz CT molecular complexity index is 381. The molecule has 1 aromatic carbocycles. The van der Waals surface area contributed by atoms with E-state index in [2.05, 4.69) is 42.6 Å². The molecule has 1 heteroatoms. The Morgan fingerprint density at radius 3 is 2.26 bits per heavy atom. The van der Waals surface area contributed by atoms with Crippen LogP contribution in [0.3, 0.4) is 0 Å².